The van der Waals surface area contributed by atoms with Crippen molar-refractivity contribution in [3.63, 3.8) is 0 Å². The van der Waals surface area contributed by atoms with E-state index in [4.69, 9.17) is 4.74 Å². The number of benzene rings is 2. The van der Waals surface area contributed by atoms with E-state index in [-0.39, 0.29) is 23.8 Å². The molecule has 1 atom stereocenters. The number of halogens is 1. The van der Waals surface area contributed by atoms with Crippen LogP contribution in [0.3, 0.4) is 0 Å². The molecule has 1 amide bonds. The topological polar surface area (TPSA) is 73.2 Å². The van der Waals surface area contributed by atoms with E-state index in [0.717, 1.165) is 15.6 Å². The molecule has 0 bridgehead atoms. The predicted octanol–water partition coefficient (Wildman–Crippen LogP) is 4.32. The first-order chi connectivity index (χ1) is 14.5. The van der Waals surface area contributed by atoms with Crippen LogP contribution in [0.15, 0.2) is 63.0 Å². The van der Waals surface area contributed by atoms with Crippen molar-refractivity contribution in [2.45, 2.75) is 23.2 Å². The van der Waals surface area contributed by atoms with E-state index in [1.807, 2.05) is 55.6 Å². The minimum atomic E-state index is -0.365. The first-order valence-corrected chi connectivity index (χ1v) is 11.2. The number of carbonyl (C=O) groups excluding carboxylic acids is 1. The molecule has 2 aromatic carbocycles. The third-order valence-corrected chi connectivity index (χ3v) is 6.81. The fourth-order valence-corrected chi connectivity index (χ4v) is 5.05. The number of rotatable bonds is 5. The maximum absolute atomic E-state index is 13.0. The number of amides is 1. The summed E-state index contributed by atoms with van der Waals surface area (Å²) < 4.78 is 7.86. The van der Waals surface area contributed by atoms with Crippen LogP contribution in [0.5, 0.6) is 5.75 Å². The van der Waals surface area contributed by atoms with Crippen LogP contribution in [0, 0.1) is 0 Å². The van der Waals surface area contributed by atoms with E-state index in [0.29, 0.717) is 28.0 Å². The summed E-state index contributed by atoms with van der Waals surface area (Å²) in [5.41, 5.74) is 2.20. The van der Waals surface area contributed by atoms with Gasteiger partial charge in [0.05, 0.1) is 17.1 Å². The molecule has 0 saturated heterocycles. The minimum Gasteiger partial charge on any atom is -0.496 e. The van der Waals surface area contributed by atoms with Crippen LogP contribution in [0.4, 0.5) is 5.82 Å². The van der Waals surface area contributed by atoms with Crippen LogP contribution in [-0.2, 0) is 17.6 Å². The van der Waals surface area contributed by atoms with Gasteiger partial charge >= 0.3 is 0 Å². The molecular formula is C22H20BrN3O3S. The smallest absolute Gasteiger partial charge is 0.279 e. The number of ether oxygens (including phenoxy) is 1. The number of anilines is 1. The zero-order chi connectivity index (χ0) is 21.3. The number of aromatic nitrogens is 2. The molecule has 1 N–H and O–H groups in total. The Bertz CT molecular complexity index is 1160. The molecular weight excluding hydrogens is 466 g/mol. The number of nitrogens with one attached hydrogen (secondary N) is 1. The molecule has 154 valence electrons. The number of hydrogen-bond donors (Lipinski definition) is 1. The summed E-state index contributed by atoms with van der Waals surface area (Å²) in [4.78, 5) is 29.8. The van der Waals surface area contributed by atoms with Gasteiger partial charge in [-0.05, 0) is 39.2 Å². The quantitative estimate of drug-likeness (QED) is 0.430. The molecule has 2 heterocycles. The second-order valence-electron chi connectivity index (χ2n) is 6.99. The summed E-state index contributed by atoms with van der Waals surface area (Å²) in [5.74, 6) is 1.40. The number of hydrogen-bond acceptors (Lipinski definition) is 5. The molecule has 0 saturated carbocycles. The fraction of sp³-hybridized carbons (Fsp3) is 0.227. The zero-order valence-electron chi connectivity index (χ0n) is 16.5. The third kappa shape index (κ3) is 4.02. The van der Waals surface area contributed by atoms with E-state index < -0.39 is 0 Å². The van der Waals surface area contributed by atoms with E-state index in [1.54, 1.807) is 11.7 Å². The van der Waals surface area contributed by atoms with Gasteiger partial charge in [0, 0.05) is 25.1 Å². The summed E-state index contributed by atoms with van der Waals surface area (Å²) in [6.07, 6.45) is 0.194. The Hall–Kier alpha value is -2.58. The molecule has 1 aliphatic rings. The number of thioether (sulfide) groups is 1. The monoisotopic (exact) mass is 485 g/mol. The molecule has 0 spiro atoms. The summed E-state index contributed by atoms with van der Waals surface area (Å²) in [7, 11) is 3.42. The van der Waals surface area contributed by atoms with Crippen molar-refractivity contribution in [3.05, 3.63) is 80.0 Å². The van der Waals surface area contributed by atoms with Crippen molar-refractivity contribution < 1.29 is 9.53 Å². The van der Waals surface area contributed by atoms with Gasteiger partial charge in [0.25, 0.3) is 5.56 Å². The maximum Gasteiger partial charge on any atom is 0.279 e. The van der Waals surface area contributed by atoms with Gasteiger partial charge in [-0.1, -0.05) is 48.2 Å². The molecule has 30 heavy (non-hydrogen) atoms. The minimum absolute atomic E-state index is 0.125. The first kappa shape index (κ1) is 20.7. The van der Waals surface area contributed by atoms with E-state index >= 15 is 0 Å². The van der Waals surface area contributed by atoms with Crippen molar-refractivity contribution in [3.8, 4) is 5.75 Å². The van der Waals surface area contributed by atoms with Crippen molar-refractivity contribution >= 4 is 39.4 Å². The molecule has 1 unspecified atom stereocenters. The van der Waals surface area contributed by atoms with Gasteiger partial charge in [0.15, 0.2) is 5.16 Å². The molecule has 6 nitrogen and oxygen atoms in total. The second kappa shape index (κ2) is 8.65. The van der Waals surface area contributed by atoms with Gasteiger partial charge in [0.1, 0.15) is 11.6 Å². The van der Waals surface area contributed by atoms with E-state index in [2.05, 4.69) is 26.2 Å². The normalized spacial score (nSPS) is 15.4. The van der Waals surface area contributed by atoms with Crippen molar-refractivity contribution in [1.29, 1.82) is 0 Å². The molecule has 1 aromatic heterocycles. The van der Waals surface area contributed by atoms with Crippen LogP contribution >= 0.6 is 27.7 Å². The fourth-order valence-electron chi connectivity index (χ4n) is 3.57. The predicted molar refractivity (Wildman–Crippen MR) is 121 cm³/mol. The third-order valence-electron chi connectivity index (χ3n) is 5.09. The highest BCUT2D eigenvalue weighted by Gasteiger charge is 2.32. The molecule has 1 aliphatic heterocycles. The Morgan fingerprint density at radius 1 is 1.23 bits per heavy atom. The highest BCUT2D eigenvalue weighted by Crippen LogP contribution is 2.38. The summed E-state index contributed by atoms with van der Waals surface area (Å²) >= 11 is 4.96. The number of nitrogens with zero attached hydrogens (tertiary/aromatic N) is 2. The summed E-state index contributed by atoms with van der Waals surface area (Å²) in [6.45, 7) is 0. The van der Waals surface area contributed by atoms with Gasteiger partial charge in [-0.15, -0.1) is 0 Å². The first-order valence-electron chi connectivity index (χ1n) is 9.39. The largest absolute Gasteiger partial charge is 0.496 e. The summed E-state index contributed by atoms with van der Waals surface area (Å²) in [5, 5.41) is 3.45. The highest BCUT2D eigenvalue weighted by atomic mass is 79.9. The van der Waals surface area contributed by atoms with Gasteiger partial charge in [-0.3, -0.25) is 9.59 Å². The van der Waals surface area contributed by atoms with Gasteiger partial charge in [0.2, 0.25) is 5.91 Å². The van der Waals surface area contributed by atoms with E-state index in [9.17, 15) is 9.59 Å². The molecule has 3 aromatic rings. The average molecular weight is 486 g/mol. The molecule has 0 fully saturated rings. The van der Waals surface area contributed by atoms with Crippen molar-refractivity contribution in [1.82, 2.24) is 9.55 Å². The Labute approximate surface area is 186 Å². The Kier molecular flexibility index (Phi) is 5.97. The average Bonchev–Trinajstić information content (AvgIpc) is 2.75. The van der Waals surface area contributed by atoms with Gasteiger partial charge in [-0.25, -0.2) is 0 Å². The van der Waals surface area contributed by atoms with Crippen LogP contribution in [0.25, 0.3) is 0 Å². The highest BCUT2D eigenvalue weighted by molar-refractivity contribution is 9.10. The van der Waals surface area contributed by atoms with Gasteiger partial charge in [-0.2, -0.15) is 4.98 Å². The second-order valence-corrected chi connectivity index (χ2v) is 8.79. The molecule has 0 radical (unpaired) electrons. The lowest BCUT2D eigenvalue weighted by Crippen LogP contribution is -2.33. The standard InChI is InChI=1S/C22H20BrN3O3S/c1-26-20-19(21(28)25-22(26)30-12-13-6-4-3-5-7-13)15(11-18(27)24-20)14-8-9-17(29-2)16(23)10-14/h3-10,15H,11-12H2,1-2H3,(H,24,27). The van der Waals surface area contributed by atoms with Gasteiger partial charge < -0.3 is 14.6 Å². The zero-order valence-corrected chi connectivity index (χ0v) is 18.9. The maximum atomic E-state index is 13.0. The number of methoxy groups -OCH3 is 1. The lowest BCUT2D eigenvalue weighted by Gasteiger charge is -2.27. The number of fused-ring (bicyclic) bond motifs is 1. The lowest BCUT2D eigenvalue weighted by atomic mass is 9.87. The van der Waals surface area contributed by atoms with Crippen LogP contribution in [0.2, 0.25) is 0 Å². The Balaban J connectivity index is 1.73. The van der Waals surface area contributed by atoms with Crippen LogP contribution in [-0.4, -0.2) is 22.6 Å². The molecule has 4 rings (SSSR count). The van der Waals surface area contributed by atoms with Crippen molar-refractivity contribution in [2.24, 2.45) is 7.05 Å². The SMILES string of the molecule is COc1ccc(C2CC(=O)Nc3c2c(=O)nc(SCc2ccccc2)n3C)cc1Br. The van der Waals surface area contributed by atoms with Crippen LogP contribution in [0.1, 0.15) is 29.0 Å². The lowest BCUT2D eigenvalue weighted by molar-refractivity contribution is -0.116. The van der Waals surface area contributed by atoms with Crippen LogP contribution < -0.4 is 15.6 Å². The van der Waals surface area contributed by atoms with Crippen molar-refractivity contribution in [2.75, 3.05) is 12.4 Å². The van der Waals surface area contributed by atoms with E-state index in [1.165, 1.54) is 11.8 Å². The number of carbonyl (C=O) groups is 1. The molecule has 8 heteroatoms. The molecule has 0 aliphatic carbocycles. The Morgan fingerprint density at radius 2 is 2.00 bits per heavy atom. The summed E-state index contributed by atoms with van der Waals surface area (Å²) in [6, 6.07) is 15.6. The Morgan fingerprint density at radius 3 is 2.70 bits per heavy atom.